The minimum Gasteiger partial charge on any atom is -0.479 e. The van der Waals surface area contributed by atoms with Gasteiger partial charge in [0.05, 0.1) is 12.2 Å². The highest BCUT2D eigenvalue weighted by atomic mass is 79.9. The van der Waals surface area contributed by atoms with Crippen LogP contribution in [0.5, 0.6) is 0 Å². The monoisotopic (exact) mass is 314 g/mol. The number of carboxylic acid groups (broad SMARTS) is 1. The molecule has 1 saturated heterocycles. The maximum absolute atomic E-state index is 12.0. The summed E-state index contributed by atoms with van der Waals surface area (Å²) in [7, 11) is 0. The molecule has 0 spiro atoms. The van der Waals surface area contributed by atoms with Gasteiger partial charge in [0.1, 0.15) is 0 Å². The van der Waals surface area contributed by atoms with Crippen molar-refractivity contribution in [1.82, 2.24) is 10.3 Å². The molecule has 0 aliphatic carbocycles. The first kappa shape index (κ1) is 13.0. The molecule has 1 atom stereocenters. The number of pyridine rings is 1. The van der Waals surface area contributed by atoms with Crippen molar-refractivity contribution in [2.75, 3.05) is 13.2 Å². The maximum Gasteiger partial charge on any atom is 0.331 e. The van der Waals surface area contributed by atoms with Crippen molar-refractivity contribution in [3.8, 4) is 0 Å². The molecule has 1 aliphatic heterocycles. The topological polar surface area (TPSA) is 88.5 Å². The molecule has 0 saturated carbocycles. The third kappa shape index (κ3) is 2.51. The molecule has 2 N–H and O–H groups in total. The van der Waals surface area contributed by atoms with Crippen LogP contribution in [-0.4, -0.2) is 40.7 Å². The van der Waals surface area contributed by atoms with E-state index < -0.39 is 17.4 Å². The number of carbonyl (C=O) groups is 2. The number of hydrogen-bond donors (Lipinski definition) is 2. The fraction of sp³-hybridized carbons (Fsp3) is 0.364. The van der Waals surface area contributed by atoms with E-state index in [0.717, 1.165) is 0 Å². The Hall–Kier alpha value is -1.47. The Labute approximate surface area is 111 Å². The van der Waals surface area contributed by atoms with Crippen molar-refractivity contribution >= 4 is 27.8 Å². The van der Waals surface area contributed by atoms with Gasteiger partial charge in [0.15, 0.2) is 5.54 Å². The van der Waals surface area contributed by atoms with Crippen molar-refractivity contribution in [1.29, 1.82) is 0 Å². The lowest BCUT2D eigenvalue weighted by molar-refractivity contribution is -0.144. The highest BCUT2D eigenvalue weighted by Gasteiger charge is 2.44. The van der Waals surface area contributed by atoms with Crippen molar-refractivity contribution in [2.24, 2.45) is 0 Å². The summed E-state index contributed by atoms with van der Waals surface area (Å²) in [4.78, 5) is 27.1. The zero-order valence-electron chi connectivity index (χ0n) is 9.35. The van der Waals surface area contributed by atoms with E-state index in [-0.39, 0.29) is 13.0 Å². The molecule has 1 aromatic rings. The molecule has 0 bridgehead atoms. The third-order valence-electron chi connectivity index (χ3n) is 2.75. The number of halogens is 1. The number of nitrogens with one attached hydrogen (secondary N) is 1. The van der Waals surface area contributed by atoms with Crippen LogP contribution in [-0.2, 0) is 9.53 Å². The summed E-state index contributed by atoms with van der Waals surface area (Å²) >= 11 is 3.20. The van der Waals surface area contributed by atoms with Crippen LogP contribution in [0, 0.1) is 0 Å². The molecule has 6 nitrogen and oxygen atoms in total. The molecule has 1 fully saturated rings. The first-order valence-corrected chi connectivity index (χ1v) is 6.07. The van der Waals surface area contributed by atoms with Gasteiger partial charge in [-0.1, -0.05) is 0 Å². The molecule has 96 valence electrons. The maximum atomic E-state index is 12.0. The predicted octanol–water partition coefficient (Wildman–Crippen LogP) is 0.818. The molecule has 7 heteroatoms. The van der Waals surface area contributed by atoms with Crippen molar-refractivity contribution < 1.29 is 19.4 Å². The highest BCUT2D eigenvalue weighted by Crippen LogP contribution is 2.20. The van der Waals surface area contributed by atoms with E-state index in [1.807, 2.05) is 0 Å². The third-order valence-corrected chi connectivity index (χ3v) is 3.18. The molecule has 1 amide bonds. The Balaban J connectivity index is 2.18. The van der Waals surface area contributed by atoms with Gasteiger partial charge < -0.3 is 15.2 Å². The molecule has 18 heavy (non-hydrogen) atoms. The molecule has 1 aromatic heterocycles. The Kier molecular flexibility index (Phi) is 3.63. The second-order valence-electron chi connectivity index (χ2n) is 4.04. The highest BCUT2D eigenvalue weighted by molar-refractivity contribution is 9.10. The Morgan fingerprint density at radius 2 is 2.28 bits per heavy atom. The number of aliphatic carboxylic acids is 1. The molecule has 0 aromatic carbocycles. The quantitative estimate of drug-likeness (QED) is 0.862. The largest absolute Gasteiger partial charge is 0.479 e. The number of ether oxygens (including phenoxy) is 1. The van der Waals surface area contributed by atoms with E-state index in [9.17, 15) is 14.7 Å². The van der Waals surface area contributed by atoms with Crippen LogP contribution in [0.4, 0.5) is 0 Å². The Morgan fingerprint density at radius 1 is 1.50 bits per heavy atom. The van der Waals surface area contributed by atoms with Gasteiger partial charge in [-0.2, -0.15) is 0 Å². The first-order chi connectivity index (χ1) is 8.53. The van der Waals surface area contributed by atoms with Crippen LogP contribution in [0.2, 0.25) is 0 Å². The summed E-state index contributed by atoms with van der Waals surface area (Å²) < 4.78 is 5.72. The van der Waals surface area contributed by atoms with E-state index in [1.54, 1.807) is 12.3 Å². The van der Waals surface area contributed by atoms with Crippen LogP contribution in [0.1, 0.15) is 16.8 Å². The second kappa shape index (κ2) is 5.03. The molecule has 2 rings (SSSR count). The minimum absolute atomic E-state index is 0.0183. The van der Waals surface area contributed by atoms with Crippen molar-refractivity contribution in [3.05, 3.63) is 28.5 Å². The van der Waals surface area contributed by atoms with Gasteiger partial charge in [0.25, 0.3) is 5.91 Å². The van der Waals surface area contributed by atoms with Gasteiger partial charge in [-0.3, -0.25) is 9.78 Å². The Morgan fingerprint density at radius 3 is 2.83 bits per heavy atom. The van der Waals surface area contributed by atoms with Crippen LogP contribution in [0.3, 0.4) is 0 Å². The van der Waals surface area contributed by atoms with Crippen LogP contribution >= 0.6 is 15.9 Å². The SMILES string of the molecule is O=C(NC1(C(=O)O)CCOC1)c1cncc(Br)c1. The Bertz CT molecular complexity index is 486. The van der Waals surface area contributed by atoms with E-state index in [0.29, 0.717) is 16.6 Å². The smallest absolute Gasteiger partial charge is 0.331 e. The zero-order valence-corrected chi connectivity index (χ0v) is 10.9. The molecule has 1 aliphatic rings. The lowest BCUT2D eigenvalue weighted by Crippen LogP contribution is -2.55. The normalized spacial score (nSPS) is 22.7. The average molecular weight is 315 g/mol. The van der Waals surface area contributed by atoms with E-state index in [1.165, 1.54) is 6.20 Å². The van der Waals surface area contributed by atoms with Gasteiger partial charge in [-0.05, 0) is 22.0 Å². The average Bonchev–Trinajstić information content (AvgIpc) is 2.79. The molecular weight excluding hydrogens is 304 g/mol. The molecule has 1 unspecified atom stereocenters. The van der Waals surface area contributed by atoms with Gasteiger partial charge >= 0.3 is 5.97 Å². The van der Waals surface area contributed by atoms with Gasteiger partial charge in [0.2, 0.25) is 0 Å². The number of hydrogen-bond acceptors (Lipinski definition) is 4. The fourth-order valence-electron chi connectivity index (χ4n) is 1.71. The second-order valence-corrected chi connectivity index (χ2v) is 4.95. The van der Waals surface area contributed by atoms with E-state index >= 15 is 0 Å². The van der Waals surface area contributed by atoms with E-state index in [2.05, 4.69) is 26.2 Å². The minimum atomic E-state index is -1.33. The summed E-state index contributed by atoms with van der Waals surface area (Å²) in [5, 5.41) is 11.7. The molecule has 2 heterocycles. The number of rotatable bonds is 3. The van der Waals surface area contributed by atoms with Gasteiger partial charge in [-0.25, -0.2) is 4.79 Å². The van der Waals surface area contributed by atoms with E-state index in [4.69, 9.17) is 4.74 Å². The number of aromatic nitrogens is 1. The number of amides is 1. The van der Waals surface area contributed by atoms with Crippen LogP contribution < -0.4 is 5.32 Å². The number of carbonyl (C=O) groups excluding carboxylic acids is 1. The van der Waals surface area contributed by atoms with Crippen LogP contribution in [0.15, 0.2) is 22.9 Å². The predicted molar refractivity (Wildman–Crippen MR) is 65.2 cm³/mol. The summed E-state index contributed by atoms with van der Waals surface area (Å²) in [6.45, 7) is 0.304. The number of carboxylic acids is 1. The molecular formula is C11H11BrN2O4. The zero-order chi connectivity index (χ0) is 13.2. The number of nitrogens with zero attached hydrogens (tertiary/aromatic N) is 1. The summed E-state index contributed by atoms with van der Waals surface area (Å²) in [5.74, 6) is -1.56. The van der Waals surface area contributed by atoms with Gasteiger partial charge in [0, 0.05) is 29.9 Å². The first-order valence-electron chi connectivity index (χ1n) is 5.28. The van der Waals surface area contributed by atoms with Crippen LogP contribution in [0.25, 0.3) is 0 Å². The summed E-state index contributed by atoms with van der Waals surface area (Å²) in [5.41, 5.74) is -1.03. The lowest BCUT2D eigenvalue weighted by Gasteiger charge is -2.23. The lowest BCUT2D eigenvalue weighted by atomic mass is 9.98. The van der Waals surface area contributed by atoms with Crippen molar-refractivity contribution in [2.45, 2.75) is 12.0 Å². The fourth-order valence-corrected chi connectivity index (χ4v) is 2.08. The van der Waals surface area contributed by atoms with Gasteiger partial charge in [-0.15, -0.1) is 0 Å². The standard InChI is InChI=1S/C11H11BrN2O4/c12-8-3-7(4-13-5-8)9(15)14-11(10(16)17)1-2-18-6-11/h3-5H,1-2,6H2,(H,14,15)(H,16,17). The van der Waals surface area contributed by atoms with Crippen molar-refractivity contribution in [3.63, 3.8) is 0 Å². The summed E-state index contributed by atoms with van der Waals surface area (Å²) in [6, 6.07) is 1.58. The molecule has 0 radical (unpaired) electrons. The summed E-state index contributed by atoms with van der Waals surface area (Å²) in [6.07, 6.45) is 3.18.